The average molecular weight is 363 g/mol. The molecule has 2 nitrogen and oxygen atoms in total. The van der Waals surface area contributed by atoms with Crippen LogP contribution in [0.5, 0.6) is 0 Å². The van der Waals surface area contributed by atoms with Crippen molar-refractivity contribution in [3.8, 4) is 0 Å². The molecule has 0 spiro atoms. The Labute approximate surface area is 119 Å². The monoisotopic (exact) mass is 361 g/mol. The van der Waals surface area contributed by atoms with Gasteiger partial charge in [0.25, 0.3) is 5.91 Å². The van der Waals surface area contributed by atoms with E-state index in [4.69, 9.17) is 0 Å². The number of hydrogen-bond acceptors (Lipinski definition) is 1. The first kappa shape index (κ1) is 14.7. The molecule has 0 fully saturated rings. The van der Waals surface area contributed by atoms with E-state index in [1.54, 1.807) is 0 Å². The Morgan fingerprint density at radius 3 is 2.47 bits per heavy atom. The quantitative estimate of drug-likeness (QED) is 0.807. The highest BCUT2D eigenvalue weighted by molar-refractivity contribution is 9.10. The van der Waals surface area contributed by atoms with Gasteiger partial charge in [-0.2, -0.15) is 0 Å². The highest BCUT2D eigenvalue weighted by Crippen LogP contribution is 2.20. The molecule has 0 aliphatic rings. The molecule has 0 saturated heterocycles. The SMILES string of the molecule is Cc1cc(C(=O)NC(C)(C)C(C)Br)ccc1Br. The van der Waals surface area contributed by atoms with E-state index in [0.29, 0.717) is 5.56 Å². The highest BCUT2D eigenvalue weighted by Gasteiger charge is 2.26. The summed E-state index contributed by atoms with van der Waals surface area (Å²) >= 11 is 6.92. The fraction of sp³-hybridized carbons (Fsp3) is 0.462. The smallest absolute Gasteiger partial charge is 0.251 e. The van der Waals surface area contributed by atoms with Gasteiger partial charge in [-0.05, 0) is 44.5 Å². The molecule has 1 unspecified atom stereocenters. The van der Waals surface area contributed by atoms with E-state index >= 15 is 0 Å². The maximum atomic E-state index is 12.1. The van der Waals surface area contributed by atoms with E-state index in [1.165, 1.54) is 0 Å². The van der Waals surface area contributed by atoms with Crippen LogP contribution in [0.2, 0.25) is 0 Å². The molecule has 0 aliphatic carbocycles. The van der Waals surface area contributed by atoms with Crippen molar-refractivity contribution in [1.82, 2.24) is 5.32 Å². The molecule has 0 aliphatic heterocycles. The van der Waals surface area contributed by atoms with E-state index in [1.807, 2.05) is 45.9 Å². The lowest BCUT2D eigenvalue weighted by Crippen LogP contribution is -2.48. The standard InChI is InChI=1S/C13H17Br2NO/c1-8-7-10(5-6-11(8)15)12(17)16-13(3,4)9(2)14/h5-7,9H,1-4H3,(H,16,17). The number of benzene rings is 1. The summed E-state index contributed by atoms with van der Waals surface area (Å²) in [5.74, 6) is -0.0445. The van der Waals surface area contributed by atoms with Crippen LogP contribution in [0.4, 0.5) is 0 Å². The molecular weight excluding hydrogens is 346 g/mol. The second-order valence-electron chi connectivity index (χ2n) is 4.76. The molecule has 0 heterocycles. The van der Waals surface area contributed by atoms with Gasteiger partial charge in [-0.1, -0.05) is 38.8 Å². The average Bonchev–Trinajstić information content (AvgIpc) is 2.21. The van der Waals surface area contributed by atoms with E-state index in [0.717, 1.165) is 10.0 Å². The molecule has 94 valence electrons. The van der Waals surface area contributed by atoms with E-state index < -0.39 is 0 Å². The molecule has 17 heavy (non-hydrogen) atoms. The van der Waals surface area contributed by atoms with Crippen molar-refractivity contribution in [2.75, 3.05) is 0 Å². The van der Waals surface area contributed by atoms with Crippen molar-refractivity contribution in [3.63, 3.8) is 0 Å². The maximum absolute atomic E-state index is 12.1. The fourth-order valence-corrected chi connectivity index (χ4v) is 1.61. The first-order valence-electron chi connectivity index (χ1n) is 5.47. The van der Waals surface area contributed by atoms with Gasteiger partial charge in [0, 0.05) is 20.4 Å². The Bertz CT molecular complexity index is 427. The summed E-state index contributed by atoms with van der Waals surface area (Å²) in [5, 5.41) is 3.02. The van der Waals surface area contributed by atoms with Crippen LogP contribution in [0.25, 0.3) is 0 Å². The third-order valence-corrected chi connectivity index (χ3v) is 4.88. The Kier molecular flexibility index (Phi) is 4.78. The molecule has 0 aromatic heterocycles. The molecule has 1 rings (SSSR count). The van der Waals surface area contributed by atoms with Crippen molar-refractivity contribution in [2.24, 2.45) is 0 Å². The van der Waals surface area contributed by atoms with Gasteiger partial charge >= 0.3 is 0 Å². The Morgan fingerprint density at radius 1 is 1.41 bits per heavy atom. The normalized spacial score (nSPS) is 13.3. The van der Waals surface area contributed by atoms with Crippen molar-refractivity contribution in [2.45, 2.75) is 38.1 Å². The van der Waals surface area contributed by atoms with E-state index in [2.05, 4.69) is 37.2 Å². The summed E-state index contributed by atoms with van der Waals surface area (Å²) in [6.07, 6.45) is 0. The van der Waals surface area contributed by atoms with Gasteiger partial charge in [0.2, 0.25) is 0 Å². The zero-order valence-corrected chi connectivity index (χ0v) is 13.6. The van der Waals surface area contributed by atoms with E-state index in [9.17, 15) is 4.79 Å². The summed E-state index contributed by atoms with van der Waals surface area (Å²) in [7, 11) is 0. The highest BCUT2D eigenvalue weighted by atomic mass is 79.9. The molecule has 0 saturated carbocycles. The minimum absolute atomic E-state index is 0.0445. The predicted molar refractivity (Wildman–Crippen MR) is 78.8 cm³/mol. The Morgan fingerprint density at radius 2 is 2.00 bits per heavy atom. The van der Waals surface area contributed by atoms with Crippen LogP contribution in [-0.2, 0) is 0 Å². The first-order valence-corrected chi connectivity index (χ1v) is 7.17. The number of carbonyl (C=O) groups excluding carboxylic acids is 1. The molecule has 0 radical (unpaired) electrons. The summed E-state index contributed by atoms with van der Waals surface area (Å²) < 4.78 is 1.02. The van der Waals surface area contributed by atoms with Gasteiger partial charge in [0.15, 0.2) is 0 Å². The van der Waals surface area contributed by atoms with Crippen molar-refractivity contribution >= 4 is 37.8 Å². The van der Waals surface area contributed by atoms with Crippen LogP contribution in [-0.4, -0.2) is 16.3 Å². The number of halogens is 2. The zero-order valence-electron chi connectivity index (χ0n) is 10.5. The third kappa shape index (κ3) is 3.81. The summed E-state index contributed by atoms with van der Waals surface area (Å²) in [6.45, 7) is 7.98. The maximum Gasteiger partial charge on any atom is 0.251 e. The minimum Gasteiger partial charge on any atom is -0.346 e. The molecule has 4 heteroatoms. The van der Waals surface area contributed by atoms with Crippen molar-refractivity contribution < 1.29 is 4.79 Å². The minimum atomic E-state index is -0.280. The number of hydrogen-bond donors (Lipinski definition) is 1. The number of alkyl halides is 1. The van der Waals surface area contributed by atoms with Gasteiger partial charge in [-0.25, -0.2) is 0 Å². The van der Waals surface area contributed by atoms with Gasteiger partial charge in [-0.15, -0.1) is 0 Å². The number of aryl methyl sites for hydroxylation is 1. The number of carbonyl (C=O) groups is 1. The first-order chi connectivity index (χ1) is 7.74. The second kappa shape index (κ2) is 5.53. The number of nitrogens with one attached hydrogen (secondary N) is 1. The second-order valence-corrected chi connectivity index (χ2v) is 6.98. The van der Waals surface area contributed by atoms with Crippen LogP contribution >= 0.6 is 31.9 Å². The summed E-state index contributed by atoms with van der Waals surface area (Å²) in [4.78, 5) is 12.3. The van der Waals surface area contributed by atoms with Crippen molar-refractivity contribution in [1.29, 1.82) is 0 Å². The lowest BCUT2D eigenvalue weighted by atomic mass is 10.0. The molecular formula is C13H17Br2NO. The Hall–Kier alpha value is -0.350. The third-order valence-electron chi connectivity index (χ3n) is 2.85. The topological polar surface area (TPSA) is 29.1 Å². The van der Waals surface area contributed by atoms with Crippen LogP contribution in [0.1, 0.15) is 36.7 Å². The summed E-state index contributed by atoms with van der Waals surface area (Å²) in [5.41, 5.74) is 1.46. The van der Waals surface area contributed by atoms with Gasteiger partial charge in [0.1, 0.15) is 0 Å². The zero-order chi connectivity index (χ0) is 13.2. The largest absolute Gasteiger partial charge is 0.346 e. The Balaban J connectivity index is 2.87. The summed E-state index contributed by atoms with van der Waals surface area (Å²) in [6, 6.07) is 5.60. The van der Waals surface area contributed by atoms with E-state index in [-0.39, 0.29) is 16.3 Å². The molecule has 1 aromatic carbocycles. The molecule has 0 bridgehead atoms. The molecule has 1 atom stereocenters. The fourth-order valence-electron chi connectivity index (χ4n) is 1.25. The lowest BCUT2D eigenvalue weighted by Gasteiger charge is -2.29. The van der Waals surface area contributed by atoms with Gasteiger partial charge in [0.05, 0.1) is 0 Å². The van der Waals surface area contributed by atoms with Crippen LogP contribution in [0, 0.1) is 6.92 Å². The van der Waals surface area contributed by atoms with Gasteiger partial charge in [-0.3, -0.25) is 4.79 Å². The molecule has 1 aromatic rings. The van der Waals surface area contributed by atoms with Crippen LogP contribution < -0.4 is 5.32 Å². The van der Waals surface area contributed by atoms with Gasteiger partial charge < -0.3 is 5.32 Å². The number of rotatable bonds is 3. The predicted octanol–water partition coefficient (Wildman–Crippen LogP) is 4.05. The van der Waals surface area contributed by atoms with Crippen LogP contribution in [0.3, 0.4) is 0 Å². The molecule has 1 amide bonds. The van der Waals surface area contributed by atoms with Crippen LogP contribution in [0.15, 0.2) is 22.7 Å². The number of amides is 1. The molecule has 1 N–H and O–H groups in total. The van der Waals surface area contributed by atoms with Crippen molar-refractivity contribution in [3.05, 3.63) is 33.8 Å². The lowest BCUT2D eigenvalue weighted by molar-refractivity contribution is 0.0914.